The first-order valence-electron chi connectivity index (χ1n) is 10.0. The number of hydrogen-bond acceptors (Lipinski definition) is 7. The van der Waals surface area contributed by atoms with E-state index in [0.29, 0.717) is 11.7 Å². The van der Waals surface area contributed by atoms with Gasteiger partial charge in [-0.2, -0.15) is 13.2 Å². The molecule has 2 aromatic rings. The van der Waals surface area contributed by atoms with Crippen LogP contribution in [-0.2, 0) is 6.18 Å². The largest absolute Gasteiger partial charge is 0.434 e. The Bertz CT molecular complexity index is 914. The van der Waals surface area contributed by atoms with E-state index in [-0.39, 0.29) is 27.2 Å². The van der Waals surface area contributed by atoms with Crippen molar-refractivity contribution < 1.29 is 13.2 Å². The van der Waals surface area contributed by atoms with E-state index in [1.165, 1.54) is 25.0 Å². The van der Waals surface area contributed by atoms with Crippen molar-refractivity contribution in [2.75, 3.05) is 23.7 Å². The molecule has 0 unspecified atom stereocenters. The lowest BCUT2D eigenvalue weighted by atomic mass is 9.73. The van der Waals surface area contributed by atoms with E-state index in [4.69, 9.17) is 11.5 Å². The Hall–Kier alpha value is -2.07. The summed E-state index contributed by atoms with van der Waals surface area (Å²) in [4.78, 5) is 14.3. The predicted octanol–water partition coefficient (Wildman–Crippen LogP) is 3.97. The van der Waals surface area contributed by atoms with E-state index in [1.54, 1.807) is 6.20 Å². The summed E-state index contributed by atoms with van der Waals surface area (Å²) in [6, 6.07) is 3.04. The number of halogens is 3. The normalized spacial score (nSPS) is 23.8. The molecule has 0 radical (unpaired) electrons. The first-order chi connectivity index (χ1) is 14.2. The summed E-state index contributed by atoms with van der Waals surface area (Å²) in [5, 5.41) is 0.234. The monoisotopic (exact) mass is 438 g/mol. The van der Waals surface area contributed by atoms with Crippen LogP contribution < -0.4 is 16.4 Å². The molecule has 0 aromatic carbocycles. The number of nitrogen functional groups attached to an aromatic ring is 1. The van der Waals surface area contributed by atoms with Crippen LogP contribution in [0.25, 0.3) is 0 Å². The van der Waals surface area contributed by atoms with Crippen molar-refractivity contribution >= 4 is 23.4 Å². The molecule has 162 valence electrons. The molecule has 4 N–H and O–H groups in total. The van der Waals surface area contributed by atoms with Gasteiger partial charge in [0.2, 0.25) is 0 Å². The van der Waals surface area contributed by atoms with Gasteiger partial charge in [-0.25, -0.2) is 9.97 Å². The van der Waals surface area contributed by atoms with Crippen molar-refractivity contribution in [2.45, 2.75) is 54.7 Å². The Morgan fingerprint density at radius 1 is 1.20 bits per heavy atom. The fourth-order valence-corrected chi connectivity index (χ4v) is 5.51. The van der Waals surface area contributed by atoms with Gasteiger partial charge in [0.05, 0.1) is 6.20 Å². The first-order valence-corrected chi connectivity index (χ1v) is 10.8. The molecule has 1 aliphatic heterocycles. The molecule has 2 aliphatic rings. The fraction of sp³-hybridized carbons (Fsp3) is 0.550. The summed E-state index contributed by atoms with van der Waals surface area (Å²) in [7, 11) is 0. The molecule has 30 heavy (non-hydrogen) atoms. The lowest BCUT2D eigenvalue weighted by molar-refractivity contribution is -0.143. The second kappa shape index (κ2) is 7.88. The third-order valence-corrected chi connectivity index (χ3v) is 7.56. The number of pyridine rings is 1. The number of nitrogens with zero attached hydrogens (tertiary/aromatic N) is 4. The minimum atomic E-state index is -4.55. The highest BCUT2D eigenvalue weighted by molar-refractivity contribution is 7.99. The Morgan fingerprint density at radius 3 is 2.53 bits per heavy atom. The van der Waals surface area contributed by atoms with Gasteiger partial charge in [-0.1, -0.05) is 18.7 Å². The van der Waals surface area contributed by atoms with Crippen LogP contribution in [0.15, 0.2) is 34.4 Å². The summed E-state index contributed by atoms with van der Waals surface area (Å²) in [5.74, 6) is 1.31. The van der Waals surface area contributed by atoms with Gasteiger partial charge in [-0.05, 0) is 49.1 Å². The van der Waals surface area contributed by atoms with Crippen molar-refractivity contribution in [3.05, 3.63) is 30.2 Å². The molecule has 2 fully saturated rings. The van der Waals surface area contributed by atoms with Crippen molar-refractivity contribution in [3.8, 4) is 0 Å². The van der Waals surface area contributed by atoms with Gasteiger partial charge in [0.25, 0.3) is 0 Å². The van der Waals surface area contributed by atoms with Crippen molar-refractivity contribution in [1.82, 2.24) is 15.0 Å². The Labute approximate surface area is 177 Å². The minimum absolute atomic E-state index is 0.0528. The van der Waals surface area contributed by atoms with E-state index in [0.717, 1.165) is 43.9 Å². The third-order valence-electron chi connectivity index (χ3n) is 6.50. The summed E-state index contributed by atoms with van der Waals surface area (Å²) in [6.45, 7) is 3.87. The van der Waals surface area contributed by atoms with E-state index in [1.807, 2.05) is 0 Å². The van der Waals surface area contributed by atoms with E-state index in [2.05, 4.69) is 26.8 Å². The lowest BCUT2D eigenvalue weighted by Crippen LogP contribution is -2.48. The van der Waals surface area contributed by atoms with E-state index >= 15 is 0 Å². The maximum absolute atomic E-state index is 13.2. The summed E-state index contributed by atoms with van der Waals surface area (Å²) >= 11 is 0.823. The van der Waals surface area contributed by atoms with Crippen LogP contribution in [-0.4, -0.2) is 34.1 Å². The molecule has 2 atom stereocenters. The molecule has 1 saturated heterocycles. The highest BCUT2D eigenvalue weighted by Crippen LogP contribution is 2.48. The Morgan fingerprint density at radius 2 is 1.93 bits per heavy atom. The van der Waals surface area contributed by atoms with Gasteiger partial charge in [0.15, 0.2) is 11.5 Å². The van der Waals surface area contributed by atoms with Gasteiger partial charge in [0, 0.05) is 30.2 Å². The zero-order chi connectivity index (χ0) is 21.5. The molecule has 3 heterocycles. The molecule has 4 rings (SSSR count). The molecule has 1 saturated carbocycles. The number of piperidine rings is 1. The highest BCUT2D eigenvalue weighted by atomic mass is 32.2. The van der Waals surface area contributed by atoms with Gasteiger partial charge < -0.3 is 16.4 Å². The number of aromatic nitrogens is 3. The summed E-state index contributed by atoms with van der Waals surface area (Å²) < 4.78 is 39.5. The predicted molar refractivity (Wildman–Crippen MR) is 110 cm³/mol. The van der Waals surface area contributed by atoms with E-state index < -0.39 is 11.9 Å². The van der Waals surface area contributed by atoms with Crippen LogP contribution in [0.2, 0.25) is 0 Å². The zero-order valence-corrected chi connectivity index (χ0v) is 17.5. The van der Waals surface area contributed by atoms with Crippen molar-refractivity contribution in [3.63, 3.8) is 0 Å². The highest BCUT2D eigenvalue weighted by Gasteiger charge is 2.46. The maximum atomic E-state index is 13.2. The molecule has 6 nitrogen and oxygen atoms in total. The molecule has 10 heteroatoms. The molecular weight excluding hydrogens is 413 g/mol. The molecule has 0 amide bonds. The average Bonchev–Trinajstić information content (AvgIpc) is 2.98. The standard InChI is InChI=1S/C20H25F3N6S/c1-12-4-5-19(15(12)24)6-9-29(10-7-19)14-11-27-18(17(25)28-14)30-13-3-2-8-26-16(13)20(21,22)23/h2-3,8,11-12,15H,4-7,9-10,24H2,1H3,(H2,25,28)/t12-,15+/m1/s1. The van der Waals surface area contributed by atoms with Gasteiger partial charge in [0.1, 0.15) is 10.8 Å². The molecule has 1 aliphatic carbocycles. The SMILES string of the molecule is C[C@@H]1CCC2(CCN(c3cnc(Sc4cccnc4C(F)(F)F)c(N)n3)CC2)[C@H]1N. The zero-order valence-electron chi connectivity index (χ0n) is 16.7. The van der Waals surface area contributed by atoms with Gasteiger partial charge >= 0.3 is 6.18 Å². The average molecular weight is 439 g/mol. The second-order valence-electron chi connectivity index (χ2n) is 8.26. The summed E-state index contributed by atoms with van der Waals surface area (Å²) in [5.41, 5.74) is 11.8. The number of anilines is 2. The quantitative estimate of drug-likeness (QED) is 0.749. The van der Waals surface area contributed by atoms with Crippen molar-refractivity contribution in [1.29, 1.82) is 0 Å². The smallest absolute Gasteiger partial charge is 0.381 e. The van der Waals surface area contributed by atoms with Crippen molar-refractivity contribution in [2.24, 2.45) is 17.1 Å². The van der Waals surface area contributed by atoms with Crippen LogP contribution in [0.1, 0.15) is 38.3 Å². The van der Waals surface area contributed by atoms with Crippen LogP contribution in [0.5, 0.6) is 0 Å². The third kappa shape index (κ3) is 3.94. The number of hydrogen-bond donors (Lipinski definition) is 2. The lowest BCUT2D eigenvalue weighted by Gasteiger charge is -2.43. The van der Waals surface area contributed by atoms with E-state index in [9.17, 15) is 13.2 Å². The van der Waals surface area contributed by atoms with Crippen LogP contribution in [0.3, 0.4) is 0 Å². The minimum Gasteiger partial charge on any atom is -0.381 e. The second-order valence-corrected chi connectivity index (χ2v) is 9.29. The van der Waals surface area contributed by atoms with Gasteiger partial charge in [-0.15, -0.1) is 0 Å². The Balaban J connectivity index is 1.48. The van der Waals surface area contributed by atoms with Crippen LogP contribution >= 0.6 is 11.8 Å². The van der Waals surface area contributed by atoms with Crippen LogP contribution in [0.4, 0.5) is 24.8 Å². The molecule has 1 spiro atoms. The molecule has 2 aromatic heterocycles. The van der Waals surface area contributed by atoms with Gasteiger partial charge in [-0.3, -0.25) is 4.98 Å². The first kappa shape index (κ1) is 21.2. The fourth-order valence-electron chi connectivity index (χ4n) is 4.63. The molecule has 0 bridgehead atoms. The molecular formula is C20H25F3N6S. The summed E-state index contributed by atoms with van der Waals surface area (Å²) in [6.07, 6.45) is 2.49. The maximum Gasteiger partial charge on any atom is 0.434 e. The number of rotatable bonds is 3. The topological polar surface area (TPSA) is 94.0 Å². The Kier molecular flexibility index (Phi) is 5.56. The number of alkyl halides is 3. The van der Waals surface area contributed by atoms with Crippen LogP contribution in [0, 0.1) is 11.3 Å². The number of nitrogens with two attached hydrogens (primary N) is 2.